The number of allylic oxidation sites excluding steroid dienone is 6. The van der Waals surface area contributed by atoms with Crippen LogP contribution in [0.5, 0.6) is 0 Å². The molecule has 0 unspecified atom stereocenters. The van der Waals surface area contributed by atoms with E-state index < -0.39 is 0 Å². The lowest BCUT2D eigenvalue weighted by Crippen LogP contribution is -2.02. The topological polar surface area (TPSA) is 12.4 Å². The number of aliphatic imine (C=N–C) groups is 1. The molecule has 0 aliphatic carbocycles. The van der Waals surface area contributed by atoms with Crippen LogP contribution in [-0.4, -0.2) is 5.71 Å². The minimum Gasteiger partial charge on any atom is -0.253 e. The molecule has 1 heteroatoms. The zero-order chi connectivity index (χ0) is 12.9. The van der Waals surface area contributed by atoms with Crippen molar-refractivity contribution in [1.82, 2.24) is 0 Å². The molecule has 0 aliphatic rings. The maximum Gasteiger partial charge on any atom is 0.0685 e. The molecule has 0 N–H and O–H groups in total. The van der Waals surface area contributed by atoms with Gasteiger partial charge in [-0.1, -0.05) is 30.4 Å². The highest BCUT2D eigenvalue weighted by atomic mass is 14.8. The van der Waals surface area contributed by atoms with Crippen LogP contribution in [0, 0.1) is 0 Å². The fourth-order valence-electron chi connectivity index (χ4n) is 1.24. The Kier molecular flexibility index (Phi) is 5.73. The lowest BCUT2D eigenvalue weighted by atomic mass is 10.0. The largest absolute Gasteiger partial charge is 0.253 e. The fourth-order valence-corrected chi connectivity index (χ4v) is 1.24. The lowest BCUT2D eigenvalue weighted by molar-refractivity contribution is 1.18. The van der Waals surface area contributed by atoms with Gasteiger partial charge in [0, 0.05) is 5.70 Å². The first-order valence-corrected chi connectivity index (χ1v) is 5.48. The fraction of sp³-hybridized carbons (Fsp3) is 0.400. The smallest absolute Gasteiger partial charge is 0.0685 e. The third kappa shape index (κ3) is 4.92. The zero-order valence-corrected chi connectivity index (χ0v) is 11.4. The highest BCUT2D eigenvalue weighted by molar-refractivity contribution is 6.11. The van der Waals surface area contributed by atoms with Crippen LogP contribution in [0.25, 0.3) is 0 Å². The van der Waals surface area contributed by atoms with Crippen molar-refractivity contribution in [2.45, 2.75) is 41.5 Å². The van der Waals surface area contributed by atoms with Crippen LogP contribution in [-0.2, 0) is 0 Å². The van der Waals surface area contributed by atoms with Gasteiger partial charge >= 0.3 is 0 Å². The van der Waals surface area contributed by atoms with E-state index in [1.54, 1.807) is 0 Å². The normalized spacial score (nSPS) is 12.4. The molecular formula is C15H23N. The van der Waals surface area contributed by atoms with Crippen molar-refractivity contribution in [3.05, 3.63) is 47.2 Å². The van der Waals surface area contributed by atoms with Gasteiger partial charge in [-0.05, 0) is 52.7 Å². The van der Waals surface area contributed by atoms with E-state index in [9.17, 15) is 0 Å². The summed E-state index contributed by atoms with van der Waals surface area (Å²) in [5, 5.41) is 0. The molecule has 0 fully saturated rings. The number of rotatable bonds is 4. The summed E-state index contributed by atoms with van der Waals surface area (Å²) in [7, 11) is 0. The van der Waals surface area contributed by atoms with Gasteiger partial charge in [0.2, 0.25) is 0 Å². The average Bonchev–Trinajstić information content (AvgIpc) is 2.11. The second-order valence-electron chi connectivity index (χ2n) is 4.50. The van der Waals surface area contributed by atoms with Crippen molar-refractivity contribution in [3.63, 3.8) is 0 Å². The Hall–Kier alpha value is -1.37. The maximum absolute atomic E-state index is 4.62. The Morgan fingerprint density at radius 1 is 0.938 bits per heavy atom. The molecule has 0 bridgehead atoms. The molecule has 0 aliphatic heterocycles. The van der Waals surface area contributed by atoms with E-state index >= 15 is 0 Å². The molecule has 16 heavy (non-hydrogen) atoms. The van der Waals surface area contributed by atoms with Gasteiger partial charge in [0.05, 0.1) is 5.71 Å². The highest BCUT2D eigenvalue weighted by Crippen LogP contribution is 2.13. The maximum atomic E-state index is 4.62. The molecule has 0 saturated carbocycles. The number of nitrogens with zero attached hydrogens (tertiary/aromatic N) is 1. The van der Waals surface area contributed by atoms with E-state index in [4.69, 9.17) is 0 Å². The molecule has 88 valence electrons. The van der Waals surface area contributed by atoms with Crippen molar-refractivity contribution in [2.24, 2.45) is 4.99 Å². The standard InChI is InChI=1S/C15H23N/c1-10(2)9-13(7)15(12(5)6)16-14(8)11(3)4/h9H,1,5H2,2-4,6-8H3. The monoisotopic (exact) mass is 217 g/mol. The highest BCUT2D eigenvalue weighted by Gasteiger charge is 2.04. The third-order valence-electron chi connectivity index (χ3n) is 2.24. The van der Waals surface area contributed by atoms with E-state index in [1.165, 1.54) is 5.57 Å². The van der Waals surface area contributed by atoms with Crippen molar-refractivity contribution >= 4 is 5.71 Å². The zero-order valence-electron chi connectivity index (χ0n) is 11.4. The summed E-state index contributed by atoms with van der Waals surface area (Å²) in [5.74, 6) is 0. The van der Waals surface area contributed by atoms with Gasteiger partial charge in [0.1, 0.15) is 0 Å². The second-order valence-corrected chi connectivity index (χ2v) is 4.50. The van der Waals surface area contributed by atoms with Gasteiger partial charge in [-0.3, -0.25) is 4.99 Å². The molecule has 0 aromatic rings. The molecule has 0 rings (SSSR count). The summed E-state index contributed by atoms with van der Waals surface area (Å²) in [5.41, 5.74) is 6.36. The Morgan fingerprint density at radius 3 is 1.75 bits per heavy atom. The van der Waals surface area contributed by atoms with Crippen molar-refractivity contribution in [1.29, 1.82) is 0 Å². The van der Waals surface area contributed by atoms with Crippen LogP contribution in [0.1, 0.15) is 41.5 Å². The summed E-state index contributed by atoms with van der Waals surface area (Å²) in [6.45, 7) is 20.0. The predicted octanol–water partition coefficient (Wildman–Crippen LogP) is 4.84. The molecule has 0 spiro atoms. The van der Waals surface area contributed by atoms with E-state index in [0.717, 1.165) is 28.1 Å². The van der Waals surface area contributed by atoms with Gasteiger partial charge in [0.25, 0.3) is 0 Å². The van der Waals surface area contributed by atoms with E-state index in [0.29, 0.717) is 0 Å². The van der Waals surface area contributed by atoms with Crippen LogP contribution in [0.3, 0.4) is 0 Å². The van der Waals surface area contributed by atoms with Crippen molar-refractivity contribution < 1.29 is 0 Å². The van der Waals surface area contributed by atoms with Crippen LogP contribution in [0.15, 0.2) is 52.2 Å². The Labute approximate surface area is 100.0 Å². The molecular weight excluding hydrogens is 194 g/mol. The molecule has 1 nitrogen and oxygen atoms in total. The predicted molar refractivity (Wildman–Crippen MR) is 74.9 cm³/mol. The Morgan fingerprint density at radius 2 is 1.44 bits per heavy atom. The molecule has 0 heterocycles. The van der Waals surface area contributed by atoms with Crippen LogP contribution >= 0.6 is 0 Å². The Bertz CT molecular complexity index is 386. The van der Waals surface area contributed by atoms with Gasteiger partial charge < -0.3 is 0 Å². The SMILES string of the molecule is C=C(C)C=C(C)C(=NC(C)=C(C)C)C(=C)C. The molecule has 0 radical (unpaired) electrons. The lowest BCUT2D eigenvalue weighted by Gasteiger charge is -2.08. The second kappa shape index (κ2) is 6.26. The average molecular weight is 217 g/mol. The van der Waals surface area contributed by atoms with Crippen molar-refractivity contribution in [2.75, 3.05) is 0 Å². The van der Waals surface area contributed by atoms with Crippen molar-refractivity contribution in [3.8, 4) is 0 Å². The van der Waals surface area contributed by atoms with Crippen LogP contribution in [0.4, 0.5) is 0 Å². The van der Waals surface area contributed by atoms with Gasteiger partial charge in [-0.2, -0.15) is 0 Å². The first kappa shape index (κ1) is 14.6. The summed E-state index contributed by atoms with van der Waals surface area (Å²) in [6.07, 6.45) is 2.03. The van der Waals surface area contributed by atoms with Gasteiger partial charge in [0.15, 0.2) is 0 Å². The molecule has 0 saturated heterocycles. The summed E-state index contributed by atoms with van der Waals surface area (Å²) in [4.78, 5) is 4.62. The van der Waals surface area contributed by atoms with E-state index in [2.05, 4.69) is 32.0 Å². The minimum absolute atomic E-state index is 0.960. The summed E-state index contributed by atoms with van der Waals surface area (Å²) in [6, 6.07) is 0. The Balaban J connectivity index is 5.44. The molecule has 0 amide bonds. The minimum atomic E-state index is 0.960. The van der Waals surface area contributed by atoms with E-state index in [1.807, 2.05) is 33.8 Å². The molecule has 0 atom stereocenters. The van der Waals surface area contributed by atoms with Gasteiger partial charge in [-0.15, -0.1) is 0 Å². The van der Waals surface area contributed by atoms with Crippen LogP contribution < -0.4 is 0 Å². The first-order valence-electron chi connectivity index (χ1n) is 5.48. The van der Waals surface area contributed by atoms with Crippen LogP contribution in [0.2, 0.25) is 0 Å². The number of hydrogen-bond acceptors (Lipinski definition) is 1. The number of hydrogen-bond donors (Lipinski definition) is 0. The van der Waals surface area contributed by atoms with E-state index in [-0.39, 0.29) is 0 Å². The third-order valence-corrected chi connectivity index (χ3v) is 2.24. The summed E-state index contributed by atoms with van der Waals surface area (Å²) >= 11 is 0. The van der Waals surface area contributed by atoms with Gasteiger partial charge in [-0.25, -0.2) is 0 Å². The summed E-state index contributed by atoms with van der Waals surface area (Å²) < 4.78 is 0. The first-order chi connectivity index (χ1) is 7.25. The molecule has 0 aromatic heterocycles. The quantitative estimate of drug-likeness (QED) is 0.472. The molecule has 0 aromatic carbocycles.